The third kappa shape index (κ3) is 3.43. The van der Waals surface area contributed by atoms with Crippen LogP contribution >= 0.6 is 0 Å². The van der Waals surface area contributed by atoms with E-state index in [1.54, 1.807) is 32.4 Å². The van der Waals surface area contributed by atoms with Gasteiger partial charge >= 0.3 is 5.69 Å². The molecule has 0 amide bonds. The van der Waals surface area contributed by atoms with Gasteiger partial charge in [0.2, 0.25) is 0 Å². The number of H-pyrrole nitrogens is 1. The highest BCUT2D eigenvalue weighted by Crippen LogP contribution is 2.43. The summed E-state index contributed by atoms with van der Waals surface area (Å²) < 4.78 is 12.1. The molecule has 31 heavy (non-hydrogen) atoms. The maximum atomic E-state index is 13.0. The molecule has 2 aliphatic rings. The summed E-state index contributed by atoms with van der Waals surface area (Å²) in [5.41, 5.74) is 2.62. The summed E-state index contributed by atoms with van der Waals surface area (Å²) in [6.45, 7) is 2.98. The van der Waals surface area contributed by atoms with Crippen molar-refractivity contribution in [2.24, 2.45) is 5.92 Å². The van der Waals surface area contributed by atoms with Crippen LogP contribution < -0.4 is 20.7 Å². The number of likely N-dealkylation sites (tertiary alicyclic amines) is 1. The van der Waals surface area contributed by atoms with Crippen LogP contribution in [0.2, 0.25) is 0 Å². The largest absolute Gasteiger partial charge is 0.497 e. The van der Waals surface area contributed by atoms with E-state index >= 15 is 0 Å². The lowest BCUT2D eigenvalue weighted by Gasteiger charge is -2.28. The summed E-state index contributed by atoms with van der Waals surface area (Å²) >= 11 is 0. The van der Waals surface area contributed by atoms with E-state index in [2.05, 4.69) is 22.0 Å². The Labute approximate surface area is 180 Å². The van der Waals surface area contributed by atoms with Crippen LogP contribution in [0.25, 0.3) is 10.9 Å². The molecule has 0 spiro atoms. The average Bonchev–Trinajstić information content (AvgIpc) is 3.22. The first kappa shape index (κ1) is 19.9. The van der Waals surface area contributed by atoms with Crippen molar-refractivity contribution in [2.45, 2.75) is 25.3 Å². The van der Waals surface area contributed by atoms with E-state index in [-0.39, 0.29) is 11.2 Å². The molecule has 0 radical (unpaired) electrons. The van der Waals surface area contributed by atoms with Gasteiger partial charge in [0.1, 0.15) is 11.5 Å². The van der Waals surface area contributed by atoms with Crippen molar-refractivity contribution in [2.75, 3.05) is 33.9 Å². The van der Waals surface area contributed by atoms with Gasteiger partial charge in [0.15, 0.2) is 0 Å². The molecular formula is C24H27N3O4. The van der Waals surface area contributed by atoms with Crippen LogP contribution in [-0.2, 0) is 13.0 Å². The van der Waals surface area contributed by atoms with Crippen LogP contribution in [0.4, 0.5) is 0 Å². The second-order valence-corrected chi connectivity index (χ2v) is 8.49. The number of rotatable bonds is 5. The molecule has 5 rings (SSSR count). The molecule has 2 aromatic carbocycles. The molecule has 0 bridgehead atoms. The molecule has 1 fully saturated rings. The second kappa shape index (κ2) is 7.89. The molecular weight excluding hydrogens is 394 g/mol. The maximum absolute atomic E-state index is 13.0. The third-order valence-corrected chi connectivity index (χ3v) is 6.90. The van der Waals surface area contributed by atoms with Gasteiger partial charge in [0, 0.05) is 32.1 Å². The summed E-state index contributed by atoms with van der Waals surface area (Å²) in [7, 11) is 3.29. The van der Waals surface area contributed by atoms with Gasteiger partial charge in [-0.05, 0) is 54.2 Å². The number of aromatic amines is 1. The van der Waals surface area contributed by atoms with E-state index in [1.807, 2.05) is 6.07 Å². The quantitative estimate of drug-likeness (QED) is 0.685. The van der Waals surface area contributed by atoms with E-state index in [0.29, 0.717) is 41.6 Å². The molecule has 2 heterocycles. The van der Waals surface area contributed by atoms with E-state index in [1.165, 1.54) is 15.7 Å². The number of fused-ring (bicyclic) bond motifs is 4. The summed E-state index contributed by atoms with van der Waals surface area (Å²) in [4.78, 5) is 30.7. The smallest absolute Gasteiger partial charge is 0.328 e. The summed E-state index contributed by atoms with van der Waals surface area (Å²) in [6.07, 6.45) is 2.19. The molecule has 0 saturated carbocycles. The Morgan fingerprint density at radius 2 is 1.94 bits per heavy atom. The minimum Gasteiger partial charge on any atom is -0.497 e. The fraction of sp³-hybridized carbons (Fsp3) is 0.417. The van der Waals surface area contributed by atoms with Crippen LogP contribution in [0.5, 0.6) is 11.5 Å². The number of aromatic nitrogens is 2. The Bertz CT molecular complexity index is 1250. The Kier molecular flexibility index (Phi) is 5.06. The number of benzene rings is 2. The summed E-state index contributed by atoms with van der Waals surface area (Å²) in [5, 5.41) is 0.468. The van der Waals surface area contributed by atoms with E-state index < -0.39 is 0 Å². The molecule has 2 atom stereocenters. The summed E-state index contributed by atoms with van der Waals surface area (Å²) in [5.74, 6) is 2.67. The SMILES string of the molecule is COc1ccc2[nH]c(=O)n(CCN3C[C@@H]4CCc5c(OC)cccc5[C@@H]4C3)c(=O)c2c1. The van der Waals surface area contributed by atoms with Gasteiger partial charge in [-0.2, -0.15) is 0 Å². The van der Waals surface area contributed by atoms with Crippen LogP contribution in [-0.4, -0.2) is 48.3 Å². The van der Waals surface area contributed by atoms with Gasteiger partial charge in [0.05, 0.1) is 25.1 Å². The van der Waals surface area contributed by atoms with E-state index in [0.717, 1.165) is 31.7 Å². The van der Waals surface area contributed by atoms with Gasteiger partial charge in [-0.15, -0.1) is 0 Å². The normalized spacial score (nSPS) is 20.5. The number of hydrogen-bond donors (Lipinski definition) is 1. The molecule has 1 aliphatic heterocycles. The first-order valence-electron chi connectivity index (χ1n) is 10.8. The Morgan fingerprint density at radius 1 is 1.06 bits per heavy atom. The van der Waals surface area contributed by atoms with Gasteiger partial charge in [-0.25, -0.2) is 4.79 Å². The first-order valence-corrected chi connectivity index (χ1v) is 10.8. The van der Waals surface area contributed by atoms with E-state index in [4.69, 9.17) is 9.47 Å². The fourth-order valence-corrected chi connectivity index (χ4v) is 5.31. The van der Waals surface area contributed by atoms with Crippen LogP contribution in [0.15, 0.2) is 46.0 Å². The van der Waals surface area contributed by atoms with E-state index in [9.17, 15) is 9.59 Å². The predicted octanol–water partition coefficient (Wildman–Crippen LogP) is 2.37. The van der Waals surface area contributed by atoms with Crippen molar-refractivity contribution >= 4 is 10.9 Å². The minimum atomic E-state index is -0.366. The molecule has 1 aliphatic carbocycles. The molecule has 7 nitrogen and oxygen atoms in total. The highest BCUT2D eigenvalue weighted by Gasteiger charge is 2.38. The van der Waals surface area contributed by atoms with Gasteiger partial charge < -0.3 is 19.4 Å². The predicted molar refractivity (Wildman–Crippen MR) is 119 cm³/mol. The lowest BCUT2D eigenvalue weighted by molar-refractivity contribution is 0.303. The number of methoxy groups -OCH3 is 2. The van der Waals surface area contributed by atoms with Crippen molar-refractivity contribution in [3.8, 4) is 11.5 Å². The number of nitrogens with zero attached hydrogens (tertiary/aromatic N) is 2. The topological polar surface area (TPSA) is 76.6 Å². The zero-order valence-corrected chi connectivity index (χ0v) is 17.9. The molecule has 7 heteroatoms. The van der Waals surface area contributed by atoms with Crippen molar-refractivity contribution < 1.29 is 9.47 Å². The average molecular weight is 421 g/mol. The summed E-state index contributed by atoms with van der Waals surface area (Å²) in [6, 6.07) is 11.5. The van der Waals surface area contributed by atoms with Gasteiger partial charge in [0.25, 0.3) is 5.56 Å². The molecule has 1 saturated heterocycles. The lowest BCUT2D eigenvalue weighted by Crippen LogP contribution is -2.38. The zero-order chi connectivity index (χ0) is 21.5. The number of nitrogens with one attached hydrogen (secondary N) is 1. The lowest BCUT2D eigenvalue weighted by atomic mass is 9.77. The first-order chi connectivity index (χ1) is 15.1. The van der Waals surface area contributed by atoms with Crippen molar-refractivity contribution in [1.29, 1.82) is 0 Å². The van der Waals surface area contributed by atoms with Crippen molar-refractivity contribution in [1.82, 2.24) is 14.5 Å². The minimum absolute atomic E-state index is 0.274. The standard InChI is InChI=1S/C24H27N3O4/c1-30-16-7-9-21-19(12-16)23(28)27(24(29)25-21)11-10-26-13-15-6-8-18-17(20(15)14-26)4-3-5-22(18)31-2/h3-5,7,9,12,15,20H,6,8,10-11,13-14H2,1-2H3,(H,25,29)/t15-,20+/m0/s1. The third-order valence-electron chi connectivity index (χ3n) is 6.90. The highest BCUT2D eigenvalue weighted by atomic mass is 16.5. The van der Waals surface area contributed by atoms with Crippen molar-refractivity contribution in [3.05, 3.63) is 68.4 Å². The highest BCUT2D eigenvalue weighted by molar-refractivity contribution is 5.78. The monoisotopic (exact) mass is 421 g/mol. The Balaban J connectivity index is 1.36. The number of ether oxygens (including phenoxy) is 2. The second-order valence-electron chi connectivity index (χ2n) is 8.49. The van der Waals surface area contributed by atoms with Crippen LogP contribution in [0.1, 0.15) is 23.5 Å². The number of hydrogen-bond acceptors (Lipinski definition) is 5. The molecule has 1 N–H and O–H groups in total. The molecule has 162 valence electrons. The maximum Gasteiger partial charge on any atom is 0.328 e. The molecule has 1 aromatic heterocycles. The molecule has 3 aromatic rings. The van der Waals surface area contributed by atoms with Crippen LogP contribution in [0, 0.1) is 5.92 Å². The van der Waals surface area contributed by atoms with Gasteiger partial charge in [-0.3, -0.25) is 9.36 Å². The fourth-order valence-electron chi connectivity index (χ4n) is 5.31. The molecule has 0 unspecified atom stereocenters. The Hall–Kier alpha value is -3.06. The zero-order valence-electron chi connectivity index (χ0n) is 17.9. The van der Waals surface area contributed by atoms with Gasteiger partial charge in [-0.1, -0.05) is 12.1 Å². The van der Waals surface area contributed by atoms with Crippen LogP contribution in [0.3, 0.4) is 0 Å². The Morgan fingerprint density at radius 3 is 2.74 bits per heavy atom. The van der Waals surface area contributed by atoms with Crippen molar-refractivity contribution in [3.63, 3.8) is 0 Å².